The molecule has 0 aromatic heterocycles. The maximum atomic E-state index is 9.65. The van der Waals surface area contributed by atoms with Crippen LogP contribution in [0.2, 0.25) is 5.02 Å². The Balaban J connectivity index is 1.78. The van der Waals surface area contributed by atoms with Crippen LogP contribution < -0.4 is 4.74 Å². The van der Waals surface area contributed by atoms with E-state index >= 15 is 0 Å². The number of hydrogen-bond donors (Lipinski definition) is 1. The minimum absolute atomic E-state index is 0.440. The van der Waals surface area contributed by atoms with Crippen molar-refractivity contribution in [3.05, 3.63) is 58.1 Å². The van der Waals surface area contributed by atoms with Crippen molar-refractivity contribution in [2.24, 2.45) is 0 Å². The third kappa shape index (κ3) is 3.37. The van der Waals surface area contributed by atoms with Gasteiger partial charge >= 0.3 is 0 Å². The van der Waals surface area contributed by atoms with Crippen molar-refractivity contribution < 1.29 is 9.84 Å². The molecule has 0 aliphatic carbocycles. The molecular weight excluding hydrogens is 304 g/mol. The quantitative estimate of drug-likeness (QED) is 0.833. The van der Waals surface area contributed by atoms with Crippen molar-refractivity contribution in [2.45, 2.75) is 30.1 Å². The third-order valence-electron chi connectivity index (χ3n) is 3.56. The molecule has 1 aliphatic rings. The van der Waals surface area contributed by atoms with E-state index in [0.29, 0.717) is 0 Å². The SMILES string of the molecule is CC(O)c1cccc(SCc2cc(Cl)cc3c2OCC3)c1. The Morgan fingerprint density at radius 3 is 3.00 bits per heavy atom. The Bertz CT molecular complexity index is 655. The molecule has 1 aliphatic heterocycles. The summed E-state index contributed by atoms with van der Waals surface area (Å²) < 4.78 is 5.72. The lowest BCUT2D eigenvalue weighted by Gasteiger charge is -2.10. The van der Waals surface area contributed by atoms with Gasteiger partial charge in [-0.1, -0.05) is 23.7 Å². The van der Waals surface area contributed by atoms with Gasteiger partial charge in [-0.15, -0.1) is 11.8 Å². The van der Waals surface area contributed by atoms with Gasteiger partial charge < -0.3 is 9.84 Å². The smallest absolute Gasteiger partial charge is 0.126 e. The Hall–Kier alpha value is -1.16. The van der Waals surface area contributed by atoms with Crippen LogP contribution in [-0.2, 0) is 12.2 Å². The highest BCUT2D eigenvalue weighted by Crippen LogP contribution is 2.36. The molecule has 4 heteroatoms. The lowest BCUT2D eigenvalue weighted by molar-refractivity contribution is 0.199. The zero-order valence-corrected chi connectivity index (χ0v) is 13.4. The van der Waals surface area contributed by atoms with Crippen LogP contribution in [0.25, 0.3) is 0 Å². The molecule has 1 unspecified atom stereocenters. The summed E-state index contributed by atoms with van der Waals surface area (Å²) in [5.74, 6) is 1.81. The number of rotatable bonds is 4. The van der Waals surface area contributed by atoms with Crippen LogP contribution in [-0.4, -0.2) is 11.7 Å². The number of thioether (sulfide) groups is 1. The standard InChI is InChI=1S/C17H17ClO2S/c1-11(19)12-3-2-4-16(9-12)21-10-14-8-15(18)7-13-5-6-20-17(13)14/h2-4,7-9,11,19H,5-6,10H2,1H3. The summed E-state index contributed by atoms with van der Waals surface area (Å²) in [7, 11) is 0. The van der Waals surface area contributed by atoms with Crippen molar-refractivity contribution >= 4 is 23.4 Å². The van der Waals surface area contributed by atoms with Crippen LogP contribution in [0, 0.1) is 0 Å². The van der Waals surface area contributed by atoms with Crippen molar-refractivity contribution in [1.29, 1.82) is 0 Å². The van der Waals surface area contributed by atoms with Gasteiger partial charge in [0.15, 0.2) is 0 Å². The van der Waals surface area contributed by atoms with Crippen LogP contribution in [0.3, 0.4) is 0 Å². The second kappa shape index (κ2) is 6.30. The molecule has 1 atom stereocenters. The summed E-state index contributed by atoms with van der Waals surface area (Å²) in [4.78, 5) is 1.14. The van der Waals surface area contributed by atoms with Crippen LogP contribution in [0.15, 0.2) is 41.3 Å². The summed E-state index contributed by atoms with van der Waals surface area (Å²) in [5, 5.41) is 10.4. The summed E-state index contributed by atoms with van der Waals surface area (Å²) in [6.07, 6.45) is 0.495. The minimum Gasteiger partial charge on any atom is -0.493 e. The molecule has 2 nitrogen and oxygen atoms in total. The van der Waals surface area contributed by atoms with Gasteiger partial charge in [-0.25, -0.2) is 0 Å². The van der Waals surface area contributed by atoms with E-state index in [1.807, 2.05) is 30.3 Å². The van der Waals surface area contributed by atoms with E-state index in [4.69, 9.17) is 16.3 Å². The topological polar surface area (TPSA) is 29.5 Å². The fraction of sp³-hybridized carbons (Fsp3) is 0.294. The molecule has 3 rings (SSSR count). The maximum Gasteiger partial charge on any atom is 0.126 e. The molecule has 1 heterocycles. The molecule has 0 bridgehead atoms. The lowest BCUT2D eigenvalue weighted by Crippen LogP contribution is -1.92. The van der Waals surface area contributed by atoms with E-state index in [1.165, 1.54) is 5.56 Å². The predicted octanol–water partition coefficient (Wildman–Crippen LogP) is 4.62. The van der Waals surface area contributed by atoms with Gasteiger partial charge in [-0.05, 0) is 42.3 Å². The molecule has 0 saturated heterocycles. The summed E-state index contributed by atoms with van der Waals surface area (Å²) in [6.45, 7) is 2.52. The van der Waals surface area contributed by atoms with E-state index < -0.39 is 6.10 Å². The van der Waals surface area contributed by atoms with Gasteiger partial charge in [-0.3, -0.25) is 0 Å². The predicted molar refractivity (Wildman–Crippen MR) is 87.3 cm³/mol. The number of fused-ring (bicyclic) bond motifs is 1. The second-order valence-electron chi connectivity index (χ2n) is 5.19. The molecule has 0 spiro atoms. The van der Waals surface area contributed by atoms with E-state index in [9.17, 15) is 5.11 Å². The fourth-order valence-electron chi connectivity index (χ4n) is 2.48. The van der Waals surface area contributed by atoms with Gasteiger partial charge in [0.25, 0.3) is 0 Å². The number of hydrogen-bond acceptors (Lipinski definition) is 3. The van der Waals surface area contributed by atoms with Gasteiger partial charge in [-0.2, -0.15) is 0 Å². The Morgan fingerprint density at radius 1 is 1.33 bits per heavy atom. The average molecular weight is 321 g/mol. The number of aliphatic hydroxyl groups excluding tert-OH is 1. The Morgan fingerprint density at radius 2 is 2.19 bits per heavy atom. The highest BCUT2D eigenvalue weighted by atomic mass is 35.5. The summed E-state index contributed by atoms with van der Waals surface area (Å²) in [5.41, 5.74) is 3.28. The summed E-state index contributed by atoms with van der Waals surface area (Å²) in [6, 6.07) is 12.0. The van der Waals surface area contributed by atoms with E-state index in [1.54, 1.807) is 18.7 Å². The maximum absolute atomic E-state index is 9.65. The first-order chi connectivity index (χ1) is 10.1. The monoisotopic (exact) mass is 320 g/mol. The van der Waals surface area contributed by atoms with Gasteiger partial charge in [0, 0.05) is 27.7 Å². The molecular formula is C17H17ClO2S. The highest BCUT2D eigenvalue weighted by molar-refractivity contribution is 7.98. The molecule has 2 aromatic carbocycles. The third-order valence-corrected chi connectivity index (χ3v) is 4.82. The van der Waals surface area contributed by atoms with Crippen LogP contribution in [0.1, 0.15) is 29.7 Å². The van der Waals surface area contributed by atoms with Crippen LogP contribution in [0.5, 0.6) is 5.75 Å². The average Bonchev–Trinajstić information content (AvgIpc) is 2.93. The molecule has 21 heavy (non-hydrogen) atoms. The fourth-order valence-corrected chi connectivity index (χ4v) is 3.67. The number of aliphatic hydroxyl groups is 1. The van der Waals surface area contributed by atoms with Crippen LogP contribution in [0.4, 0.5) is 0 Å². The minimum atomic E-state index is -0.440. The van der Waals surface area contributed by atoms with Crippen molar-refractivity contribution in [3.8, 4) is 5.75 Å². The Labute approximate surface area is 134 Å². The van der Waals surface area contributed by atoms with Crippen molar-refractivity contribution in [1.82, 2.24) is 0 Å². The first-order valence-corrected chi connectivity index (χ1v) is 8.35. The van der Waals surface area contributed by atoms with Gasteiger partial charge in [0.1, 0.15) is 5.75 Å². The zero-order valence-electron chi connectivity index (χ0n) is 11.8. The molecule has 0 amide bonds. The normalized spacial score (nSPS) is 14.6. The molecule has 0 saturated carbocycles. The molecule has 2 aromatic rings. The van der Waals surface area contributed by atoms with E-state index in [0.717, 1.165) is 45.6 Å². The second-order valence-corrected chi connectivity index (χ2v) is 6.67. The van der Waals surface area contributed by atoms with E-state index in [-0.39, 0.29) is 0 Å². The Kier molecular flexibility index (Phi) is 4.43. The first kappa shape index (κ1) is 14.8. The largest absolute Gasteiger partial charge is 0.493 e. The van der Waals surface area contributed by atoms with E-state index in [2.05, 4.69) is 6.07 Å². The van der Waals surface area contributed by atoms with Crippen LogP contribution >= 0.6 is 23.4 Å². The first-order valence-electron chi connectivity index (χ1n) is 6.98. The molecule has 110 valence electrons. The highest BCUT2D eigenvalue weighted by Gasteiger charge is 2.17. The molecule has 1 N–H and O–H groups in total. The lowest BCUT2D eigenvalue weighted by atomic mass is 10.1. The zero-order chi connectivity index (χ0) is 14.8. The summed E-state index contributed by atoms with van der Waals surface area (Å²) >= 11 is 7.91. The molecule has 0 radical (unpaired) electrons. The van der Waals surface area contributed by atoms with Crippen molar-refractivity contribution in [2.75, 3.05) is 6.61 Å². The number of benzene rings is 2. The van der Waals surface area contributed by atoms with Gasteiger partial charge in [0.05, 0.1) is 12.7 Å². The number of ether oxygens (including phenoxy) is 1. The van der Waals surface area contributed by atoms with Gasteiger partial charge in [0.2, 0.25) is 0 Å². The number of halogens is 1. The van der Waals surface area contributed by atoms with Crippen molar-refractivity contribution in [3.63, 3.8) is 0 Å². The molecule has 0 fully saturated rings.